The van der Waals surface area contributed by atoms with E-state index >= 15 is 0 Å². The van der Waals surface area contributed by atoms with E-state index in [0.29, 0.717) is 0 Å². The Balaban J connectivity index is 2.13. The van der Waals surface area contributed by atoms with Crippen molar-refractivity contribution in [2.45, 2.75) is 30.0 Å². The molecule has 0 aromatic heterocycles. The molecule has 4 nitrogen and oxygen atoms in total. The number of benzene rings is 1. The Kier molecular flexibility index (Phi) is 8.80. The summed E-state index contributed by atoms with van der Waals surface area (Å²) in [7, 11) is 0. The van der Waals surface area contributed by atoms with E-state index in [1.54, 1.807) is 6.08 Å². The van der Waals surface area contributed by atoms with Crippen molar-refractivity contribution in [3.63, 3.8) is 0 Å². The van der Waals surface area contributed by atoms with Crippen LogP contribution in [0.2, 0.25) is 5.02 Å². The summed E-state index contributed by atoms with van der Waals surface area (Å²) in [5.74, 6) is -1.21. The van der Waals surface area contributed by atoms with E-state index in [1.165, 1.54) is 0 Å². The lowest BCUT2D eigenvalue weighted by Gasteiger charge is -2.28. The third-order valence-corrected chi connectivity index (χ3v) is 6.39. The van der Waals surface area contributed by atoms with Gasteiger partial charge in [-0.05, 0) is 47.8 Å². The molecule has 0 heterocycles. The van der Waals surface area contributed by atoms with Gasteiger partial charge in [0.15, 0.2) is 5.11 Å². The zero-order valence-corrected chi connectivity index (χ0v) is 21.6. The quantitative estimate of drug-likeness (QED) is 0.195. The molecule has 0 aliphatic heterocycles. The number of nitrogens with one attached hydrogen (secondary N) is 3. The van der Waals surface area contributed by atoms with Gasteiger partial charge < -0.3 is 16.0 Å². The Bertz CT molecular complexity index is 932. The number of hydrogen-bond donors (Lipinski definition) is 3. The van der Waals surface area contributed by atoms with Crippen LogP contribution in [0.25, 0.3) is 0 Å². The molecule has 1 aliphatic rings. The van der Waals surface area contributed by atoms with E-state index in [0.717, 1.165) is 18.2 Å². The maximum Gasteiger partial charge on any atom is 0.416 e. The van der Waals surface area contributed by atoms with Crippen LogP contribution in [0.4, 0.5) is 18.9 Å². The average molecular weight is 592 g/mol. The Morgan fingerprint density at radius 3 is 2.28 bits per heavy atom. The first-order valence-electron chi connectivity index (χ1n) is 8.78. The van der Waals surface area contributed by atoms with E-state index in [2.05, 4.69) is 16.0 Å². The largest absolute Gasteiger partial charge is 0.416 e. The van der Waals surface area contributed by atoms with Gasteiger partial charge in [-0.25, -0.2) is 0 Å². The van der Waals surface area contributed by atoms with Crippen LogP contribution in [0.5, 0.6) is 0 Å². The number of amides is 1. The van der Waals surface area contributed by atoms with Crippen LogP contribution < -0.4 is 16.0 Å². The van der Waals surface area contributed by atoms with Gasteiger partial charge in [-0.3, -0.25) is 4.79 Å². The summed E-state index contributed by atoms with van der Waals surface area (Å²) in [5.41, 5.74) is -1.51. The van der Waals surface area contributed by atoms with Crippen LogP contribution in [0.15, 0.2) is 28.8 Å². The maximum atomic E-state index is 13.0. The van der Waals surface area contributed by atoms with Gasteiger partial charge >= 0.3 is 6.18 Å². The number of carbonyl (C=O) groups excluding carboxylic acids is 1. The summed E-state index contributed by atoms with van der Waals surface area (Å²) in [6.07, 6.45) is -4.36. The summed E-state index contributed by atoms with van der Waals surface area (Å²) in [4.78, 5) is 12.8. The average Bonchev–Trinajstić information content (AvgIpc) is 3.13. The number of halogens is 9. The van der Waals surface area contributed by atoms with Crippen molar-refractivity contribution in [2.24, 2.45) is 17.3 Å². The number of alkyl halides is 6. The van der Waals surface area contributed by atoms with E-state index in [4.69, 9.17) is 81.8 Å². The monoisotopic (exact) mass is 589 g/mol. The van der Waals surface area contributed by atoms with Crippen molar-refractivity contribution in [3.05, 3.63) is 39.4 Å². The van der Waals surface area contributed by atoms with Gasteiger partial charge in [0.1, 0.15) is 10.7 Å². The summed E-state index contributed by atoms with van der Waals surface area (Å²) < 4.78 is 36.8. The molecule has 0 spiro atoms. The second-order valence-corrected chi connectivity index (χ2v) is 11.7. The first-order chi connectivity index (χ1) is 14.4. The molecule has 0 unspecified atom stereocenters. The van der Waals surface area contributed by atoms with E-state index in [-0.39, 0.29) is 26.2 Å². The lowest BCUT2D eigenvalue weighted by Crippen LogP contribution is -2.56. The third kappa shape index (κ3) is 7.08. The van der Waals surface area contributed by atoms with Gasteiger partial charge in [-0.15, -0.1) is 0 Å². The molecule has 1 saturated carbocycles. The minimum absolute atomic E-state index is 0.0241. The highest BCUT2D eigenvalue weighted by atomic mass is 35.6. The van der Waals surface area contributed by atoms with E-state index < -0.39 is 38.9 Å². The molecular formula is C18H16Cl6F3N3OS. The van der Waals surface area contributed by atoms with Crippen LogP contribution in [0, 0.1) is 17.3 Å². The molecule has 0 saturated heterocycles. The van der Waals surface area contributed by atoms with E-state index in [1.807, 2.05) is 13.8 Å². The van der Waals surface area contributed by atoms with Gasteiger partial charge in [0.25, 0.3) is 0 Å². The van der Waals surface area contributed by atoms with Crippen LogP contribution >= 0.6 is 81.8 Å². The van der Waals surface area contributed by atoms with Crippen LogP contribution in [0.1, 0.15) is 19.4 Å². The standard InChI is InChI=1S/C18H16Cl6F3N3OS/c1-16(2)8(6-11(20)21)12(16)13(31)29-14(17(22,23)24)30-15(32)28-10-5-7(18(25,26)27)3-4-9(10)19/h3-6,8,12,14H,1-2H3,(H,29,31)(H2,28,30,32)/t8-,12+,14-/m1/s1. The highest BCUT2D eigenvalue weighted by molar-refractivity contribution is 7.80. The van der Waals surface area contributed by atoms with Crippen molar-refractivity contribution in [1.82, 2.24) is 10.6 Å². The van der Waals surface area contributed by atoms with Crippen LogP contribution in [-0.2, 0) is 11.0 Å². The van der Waals surface area contributed by atoms with E-state index in [9.17, 15) is 18.0 Å². The van der Waals surface area contributed by atoms with Gasteiger partial charge in [0, 0.05) is 0 Å². The lowest BCUT2D eigenvalue weighted by atomic mass is 10.1. The van der Waals surface area contributed by atoms with Gasteiger partial charge in [0.2, 0.25) is 9.70 Å². The molecule has 1 aliphatic carbocycles. The van der Waals surface area contributed by atoms with Crippen molar-refractivity contribution < 1.29 is 18.0 Å². The summed E-state index contributed by atoms with van der Waals surface area (Å²) >= 11 is 40.3. The Labute approximate surface area is 218 Å². The minimum Gasteiger partial charge on any atom is -0.339 e. The highest BCUT2D eigenvalue weighted by Gasteiger charge is 2.61. The molecule has 1 aromatic rings. The molecule has 32 heavy (non-hydrogen) atoms. The fourth-order valence-electron chi connectivity index (χ4n) is 3.14. The van der Waals surface area contributed by atoms with Crippen molar-refractivity contribution in [3.8, 4) is 0 Å². The molecule has 1 aromatic carbocycles. The van der Waals surface area contributed by atoms with Gasteiger partial charge in [0.05, 0.1) is 22.2 Å². The first-order valence-corrected chi connectivity index (χ1v) is 11.5. The molecule has 14 heteroatoms. The lowest BCUT2D eigenvalue weighted by molar-refractivity contribution is -0.137. The number of thiocarbonyl (C=S) groups is 1. The molecule has 0 radical (unpaired) electrons. The Hall–Kier alpha value is -0.350. The smallest absolute Gasteiger partial charge is 0.339 e. The molecule has 1 amide bonds. The van der Waals surface area contributed by atoms with Crippen molar-refractivity contribution in [1.29, 1.82) is 0 Å². The molecule has 178 valence electrons. The summed E-state index contributed by atoms with van der Waals surface area (Å²) in [6, 6.07) is 2.66. The second-order valence-electron chi connectivity index (χ2n) is 7.56. The Morgan fingerprint density at radius 2 is 1.78 bits per heavy atom. The molecule has 1 fully saturated rings. The minimum atomic E-state index is -4.59. The van der Waals surface area contributed by atoms with Crippen molar-refractivity contribution in [2.75, 3.05) is 5.32 Å². The predicted octanol–water partition coefficient (Wildman–Crippen LogP) is 7.05. The number of hydrogen-bond acceptors (Lipinski definition) is 2. The first kappa shape index (κ1) is 27.9. The maximum absolute atomic E-state index is 13.0. The third-order valence-electron chi connectivity index (χ3n) is 4.93. The summed E-state index contributed by atoms with van der Waals surface area (Å²) in [6.45, 7) is 3.68. The molecule has 3 N–H and O–H groups in total. The normalized spacial score (nSPS) is 20.7. The number of allylic oxidation sites excluding steroid dienone is 1. The second kappa shape index (κ2) is 10.1. The number of rotatable bonds is 5. The zero-order valence-electron chi connectivity index (χ0n) is 16.3. The van der Waals surface area contributed by atoms with Crippen molar-refractivity contribution >= 4 is 98.5 Å². The topological polar surface area (TPSA) is 53.2 Å². The zero-order chi connectivity index (χ0) is 24.6. The molecule has 3 atom stereocenters. The fraction of sp³-hybridized carbons (Fsp3) is 0.444. The van der Waals surface area contributed by atoms with Crippen LogP contribution in [0.3, 0.4) is 0 Å². The van der Waals surface area contributed by atoms with Gasteiger partial charge in [-0.1, -0.05) is 83.5 Å². The number of anilines is 1. The molecular weight excluding hydrogens is 576 g/mol. The van der Waals surface area contributed by atoms with Crippen LogP contribution in [-0.4, -0.2) is 21.0 Å². The summed E-state index contributed by atoms with van der Waals surface area (Å²) in [5, 5.41) is 7.36. The fourth-order valence-corrected chi connectivity index (χ4v) is 4.14. The molecule has 2 rings (SSSR count). The SMILES string of the molecule is CC1(C)[C@H](C=C(Cl)Cl)[C@H]1C(=O)N[C@H](NC(=S)Nc1cc(C(F)(F)F)ccc1Cl)C(Cl)(Cl)Cl. The Morgan fingerprint density at radius 1 is 1.19 bits per heavy atom. The predicted molar refractivity (Wildman–Crippen MR) is 129 cm³/mol. The number of carbonyl (C=O) groups is 1. The molecule has 0 bridgehead atoms. The highest BCUT2D eigenvalue weighted by Crippen LogP contribution is 2.59. The van der Waals surface area contributed by atoms with Gasteiger partial charge in [-0.2, -0.15) is 13.2 Å².